The Labute approximate surface area is 96.3 Å². The highest BCUT2D eigenvalue weighted by Gasteiger charge is 2.16. The third-order valence-corrected chi connectivity index (χ3v) is 2.03. The molecule has 0 bridgehead atoms. The van der Waals surface area contributed by atoms with E-state index < -0.39 is 4.92 Å². The molecular formula is C9H9ClN2O4. The van der Waals surface area contributed by atoms with E-state index in [-0.39, 0.29) is 28.1 Å². The van der Waals surface area contributed by atoms with Crippen molar-refractivity contribution in [3.63, 3.8) is 0 Å². The maximum atomic E-state index is 10.9. The van der Waals surface area contributed by atoms with Crippen LogP contribution in [0.4, 0.5) is 11.4 Å². The number of amides is 1. The van der Waals surface area contributed by atoms with E-state index in [1.165, 1.54) is 20.1 Å². The Bertz CT molecular complexity index is 447. The lowest BCUT2D eigenvalue weighted by Gasteiger charge is -2.10. The van der Waals surface area contributed by atoms with Gasteiger partial charge in [-0.3, -0.25) is 14.9 Å². The van der Waals surface area contributed by atoms with Gasteiger partial charge >= 0.3 is 0 Å². The molecule has 0 aliphatic rings. The smallest absolute Gasteiger partial charge is 0.273 e. The molecule has 0 atom stereocenters. The van der Waals surface area contributed by atoms with Gasteiger partial charge in [-0.05, 0) is 0 Å². The van der Waals surface area contributed by atoms with E-state index in [9.17, 15) is 14.9 Å². The van der Waals surface area contributed by atoms with Crippen molar-refractivity contribution < 1.29 is 14.5 Å². The van der Waals surface area contributed by atoms with Gasteiger partial charge < -0.3 is 10.1 Å². The van der Waals surface area contributed by atoms with Gasteiger partial charge in [-0.2, -0.15) is 0 Å². The van der Waals surface area contributed by atoms with E-state index in [2.05, 4.69) is 5.32 Å². The molecule has 0 fully saturated rings. The third-order valence-electron chi connectivity index (χ3n) is 1.75. The molecular weight excluding hydrogens is 236 g/mol. The molecule has 16 heavy (non-hydrogen) atoms. The van der Waals surface area contributed by atoms with Crippen molar-refractivity contribution in [3.05, 3.63) is 27.3 Å². The van der Waals surface area contributed by atoms with Gasteiger partial charge in [-0.1, -0.05) is 11.6 Å². The molecule has 86 valence electrons. The average Bonchev–Trinajstić information content (AvgIpc) is 2.16. The van der Waals surface area contributed by atoms with Crippen LogP contribution in [0.25, 0.3) is 0 Å². The summed E-state index contributed by atoms with van der Waals surface area (Å²) in [5.41, 5.74) is -0.0382. The van der Waals surface area contributed by atoms with Crippen LogP contribution in [-0.4, -0.2) is 17.9 Å². The van der Waals surface area contributed by atoms with Crippen LogP contribution in [-0.2, 0) is 4.79 Å². The summed E-state index contributed by atoms with van der Waals surface area (Å²) < 4.78 is 4.94. The molecule has 1 amide bonds. The van der Waals surface area contributed by atoms with Crippen molar-refractivity contribution >= 4 is 28.9 Å². The molecule has 0 saturated heterocycles. The van der Waals surface area contributed by atoms with E-state index in [0.29, 0.717) is 0 Å². The zero-order valence-corrected chi connectivity index (χ0v) is 9.37. The molecule has 0 unspecified atom stereocenters. The molecule has 1 rings (SSSR count). The predicted molar refractivity (Wildman–Crippen MR) is 59.0 cm³/mol. The van der Waals surface area contributed by atoms with Gasteiger partial charge in [0.15, 0.2) is 5.75 Å². The van der Waals surface area contributed by atoms with Gasteiger partial charge in [0.1, 0.15) is 0 Å². The number of nitro benzene ring substituents is 1. The summed E-state index contributed by atoms with van der Waals surface area (Å²) in [7, 11) is 1.36. The number of halogens is 1. The van der Waals surface area contributed by atoms with Crippen molar-refractivity contribution in [3.8, 4) is 5.75 Å². The second-order valence-electron chi connectivity index (χ2n) is 2.95. The maximum absolute atomic E-state index is 10.9. The number of methoxy groups -OCH3 is 1. The molecule has 1 aromatic carbocycles. The second-order valence-corrected chi connectivity index (χ2v) is 3.35. The number of nitro groups is 1. The molecule has 0 aromatic heterocycles. The number of hydrogen-bond donors (Lipinski definition) is 1. The van der Waals surface area contributed by atoms with Crippen LogP contribution < -0.4 is 10.1 Å². The average molecular weight is 245 g/mol. The number of carbonyl (C=O) groups excluding carboxylic acids is 1. The Hall–Kier alpha value is -1.82. The minimum Gasteiger partial charge on any atom is -0.493 e. The monoisotopic (exact) mass is 244 g/mol. The molecule has 6 nitrogen and oxygen atoms in total. The van der Waals surface area contributed by atoms with Crippen LogP contribution in [0.15, 0.2) is 12.1 Å². The van der Waals surface area contributed by atoms with Crippen LogP contribution in [0, 0.1) is 10.1 Å². The quantitative estimate of drug-likeness (QED) is 0.653. The van der Waals surface area contributed by atoms with Crippen LogP contribution in [0.5, 0.6) is 5.75 Å². The molecule has 1 aromatic rings. The van der Waals surface area contributed by atoms with Crippen LogP contribution in [0.2, 0.25) is 5.02 Å². The lowest BCUT2D eigenvalue weighted by atomic mass is 10.2. The zero-order chi connectivity index (χ0) is 12.3. The number of rotatable bonds is 3. The van der Waals surface area contributed by atoms with Crippen LogP contribution in [0.3, 0.4) is 0 Å². The first-order valence-electron chi connectivity index (χ1n) is 4.25. The maximum Gasteiger partial charge on any atom is 0.273 e. The Balaban J connectivity index is 3.30. The third kappa shape index (κ3) is 2.60. The lowest BCUT2D eigenvalue weighted by Crippen LogP contribution is -2.07. The van der Waals surface area contributed by atoms with Gasteiger partial charge in [-0.25, -0.2) is 0 Å². The second kappa shape index (κ2) is 4.80. The Morgan fingerprint density at radius 1 is 1.56 bits per heavy atom. The number of carbonyl (C=O) groups is 1. The number of ether oxygens (including phenoxy) is 1. The van der Waals surface area contributed by atoms with Gasteiger partial charge in [0.25, 0.3) is 5.69 Å². The SMILES string of the molecule is COc1c(Cl)cc([N+](=O)[O-])cc1NC(C)=O. The van der Waals surface area contributed by atoms with Crippen molar-refractivity contribution in [1.29, 1.82) is 0 Å². The summed E-state index contributed by atoms with van der Waals surface area (Å²) in [6, 6.07) is 2.35. The summed E-state index contributed by atoms with van der Waals surface area (Å²) in [5.74, 6) is -0.169. The minimum atomic E-state index is -0.601. The fraction of sp³-hybridized carbons (Fsp3) is 0.222. The topological polar surface area (TPSA) is 81.5 Å². The number of hydrogen-bond acceptors (Lipinski definition) is 4. The predicted octanol–water partition coefficient (Wildman–Crippen LogP) is 2.22. The lowest BCUT2D eigenvalue weighted by molar-refractivity contribution is -0.384. The van der Waals surface area contributed by atoms with Crippen molar-refractivity contribution in [2.75, 3.05) is 12.4 Å². The standard InChI is InChI=1S/C9H9ClN2O4/c1-5(13)11-8-4-6(12(14)15)3-7(10)9(8)16-2/h3-4H,1-2H3,(H,11,13). The number of non-ortho nitro benzene ring substituents is 1. The molecule has 1 N–H and O–H groups in total. The van der Waals surface area contributed by atoms with Gasteiger partial charge in [-0.15, -0.1) is 0 Å². The Kier molecular flexibility index (Phi) is 3.68. The van der Waals surface area contributed by atoms with Crippen LogP contribution in [0.1, 0.15) is 6.92 Å². The van der Waals surface area contributed by atoms with Crippen molar-refractivity contribution in [2.45, 2.75) is 6.92 Å². The number of nitrogens with one attached hydrogen (secondary N) is 1. The van der Waals surface area contributed by atoms with E-state index in [1.54, 1.807) is 0 Å². The minimum absolute atomic E-state index is 0.0699. The summed E-state index contributed by atoms with van der Waals surface area (Å²) in [6.45, 7) is 1.28. The first kappa shape index (κ1) is 12.3. The molecule has 0 saturated carbocycles. The highest BCUT2D eigenvalue weighted by Crippen LogP contribution is 2.36. The highest BCUT2D eigenvalue weighted by atomic mass is 35.5. The van der Waals surface area contributed by atoms with Gasteiger partial charge in [0.2, 0.25) is 5.91 Å². The number of nitrogens with zero attached hydrogens (tertiary/aromatic N) is 1. The van der Waals surface area contributed by atoms with E-state index in [0.717, 1.165) is 6.07 Å². The molecule has 0 radical (unpaired) electrons. The van der Waals surface area contributed by atoms with Crippen LogP contribution >= 0.6 is 11.6 Å². The molecule has 0 heterocycles. The summed E-state index contributed by atoms with van der Waals surface area (Å²) in [4.78, 5) is 20.9. The highest BCUT2D eigenvalue weighted by molar-refractivity contribution is 6.33. The molecule has 0 aliphatic heterocycles. The zero-order valence-electron chi connectivity index (χ0n) is 8.61. The normalized spacial score (nSPS) is 9.69. The Morgan fingerprint density at radius 2 is 2.19 bits per heavy atom. The summed E-state index contributed by atoms with van der Waals surface area (Å²) in [6.07, 6.45) is 0. The van der Waals surface area contributed by atoms with Crippen molar-refractivity contribution in [1.82, 2.24) is 0 Å². The van der Waals surface area contributed by atoms with E-state index in [4.69, 9.17) is 16.3 Å². The largest absolute Gasteiger partial charge is 0.493 e. The van der Waals surface area contributed by atoms with E-state index in [1.807, 2.05) is 0 Å². The molecule has 7 heteroatoms. The van der Waals surface area contributed by atoms with Crippen molar-refractivity contribution in [2.24, 2.45) is 0 Å². The van der Waals surface area contributed by atoms with Gasteiger partial charge in [0.05, 0.1) is 22.7 Å². The fourth-order valence-electron chi connectivity index (χ4n) is 1.17. The number of benzene rings is 1. The number of anilines is 1. The molecule has 0 spiro atoms. The summed E-state index contributed by atoms with van der Waals surface area (Å²) >= 11 is 5.78. The first-order valence-corrected chi connectivity index (χ1v) is 4.63. The van der Waals surface area contributed by atoms with Gasteiger partial charge in [0, 0.05) is 19.1 Å². The molecule has 0 aliphatic carbocycles. The summed E-state index contributed by atoms with van der Waals surface area (Å²) in [5, 5.41) is 13.1. The first-order chi connectivity index (χ1) is 7.45. The van der Waals surface area contributed by atoms with E-state index >= 15 is 0 Å². The fourth-order valence-corrected chi connectivity index (χ4v) is 1.47. The Morgan fingerprint density at radius 3 is 2.62 bits per heavy atom.